The van der Waals surface area contributed by atoms with Gasteiger partial charge in [0, 0.05) is 26.3 Å². The Labute approximate surface area is 219 Å². The van der Waals surface area contributed by atoms with Crippen molar-refractivity contribution < 1.29 is 0 Å². The molecule has 34 heavy (non-hydrogen) atoms. The van der Waals surface area contributed by atoms with Gasteiger partial charge in [0.15, 0.2) is 0 Å². The molecule has 0 amide bonds. The van der Waals surface area contributed by atoms with Crippen molar-refractivity contribution in [3.63, 3.8) is 0 Å². The van der Waals surface area contributed by atoms with Gasteiger partial charge in [0.25, 0.3) is 0 Å². The first-order chi connectivity index (χ1) is 16.2. The van der Waals surface area contributed by atoms with Gasteiger partial charge in [-0.15, -0.1) is 0 Å². The van der Waals surface area contributed by atoms with Crippen molar-refractivity contribution in [2.24, 2.45) is 0 Å². The molecule has 0 spiro atoms. The molecule has 0 aliphatic heterocycles. The Kier molecular flexibility index (Phi) is 6.02. The Hall–Kier alpha value is -2.30. The maximum atomic E-state index is 5.27. The quantitative estimate of drug-likeness (QED) is 0.242. The van der Waals surface area contributed by atoms with Crippen molar-refractivity contribution >= 4 is 31.9 Å². The van der Waals surface area contributed by atoms with Gasteiger partial charge in [-0.1, -0.05) is 77.8 Å². The van der Waals surface area contributed by atoms with E-state index < -0.39 is 0 Å². The highest BCUT2D eigenvalue weighted by molar-refractivity contribution is 9.10. The summed E-state index contributed by atoms with van der Waals surface area (Å²) in [5.74, 6) is 0. The number of aromatic nitrogens is 2. The third-order valence-electron chi connectivity index (χ3n) is 6.80. The summed E-state index contributed by atoms with van der Waals surface area (Å²) in [6.07, 6.45) is 4.27. The first-order valence-electron chi connectivity index (χ1n) is 11.7. The Bertz CT molecular complexity index is 1350. The molecular formula is C30H28Br2N2. The molecule has 0 N–H and O–H groups in total. The van der Waals surface area contributed by atoms with Gasteiger partial charge < -0.3 is 0 Å². The predicted molar refractivity (Wildman–Crippen MR) is 149 cm³/mol. The lowest BCUT2D eigenvalue weighted by Gasteiger charge is -2.27. The molecular weight excluding hydrogens is 548 g/mol. The van der Waals surface area contributed by atoms with Gasteiger partial charge in [-0.2, -0.15) is 0 Å². The van der Waals surface area contributed by atoms with Crippen molar-refractivity contribution in [2.45, 2.75) is 51.4 Å². The molecule has 1 aliphatic rings. The smallest absolute Gasteiger partial charge is 0.0894 e. The van der Waals surface area contributed by atoms with Crippen molar-refractivity contribution in [1.82, 2.24) is 9.97 Å². The highest BCUT2D eigenvalue weighted by Gasteiger charge is 2.41. The highest BCUT2D eigenvalue weighted by atomic mass is 79.9. The fraction of sp³-hybridized carbons (Fsp3) is 0.267. The third-order valence-corrected chi connectivity index (χ3v) is 7.98. The van der Waals surface area contributed by atoms with Crippen LogP contribution in [0.2, 0.25) is 0 Å². The number of halogens is 2. The monoisotopic (exact) mass is 574 g/mol. The first-order valence-corrected chi connectivity index (χ1v) is 13.3. The lowest BCUT2D eigenvalue weighted by molar-refractivity contribution is 0.590. The standard InChI is InChI=1S/C30H28Br2N2/c1-29(2,3)23-18-25(32)24(30(4)14-15-30)17-22(23)28-21(19-8-10-20(31)11-9-19)12-13-27(34-28)26-7-5-6-16-33-26/h5-13,16-18H,14-15H2,1-4H3. The van der Waals surface area contributed by atoms with Crippen LogP contribution in [0, 0.1) is 0 Å². The predicted octanol–water partition coefficient (Wildman–Crippen LogP) is 9.35. The lowest BCUT2D eigenvalue weighted by Crippen LogP contribution is -2.15. The Balaban J connectivity index is 1.81. The Morgan fingerprint density at radius 1 is 0.824 bits per heavy atom. The minimum absolute atomic E-state index is 0.0412. The fourth-order valence-corrected chi connectivity index (χ4v) is 5.58. The average Bonchev–Trinajstić information content (AvgIpc) is 3.57. The van der Waals surface area contributed by atoms with E-state index in [9.17, 15) is 0 Å². The van der Waals surface area contributed by atoms with Crippen LogP contribution < -0.4 is 0 Å². The van der Waals surface area contributed by atoms with Crippen LogP contribution in [0.5, 0.6) is 0 Å². The van der Waals surface area contributed by atoms with Crippen LogP contribution in [0.25, 0.3) is 33.8 Å². The number of rotatable bonds is 4. The Morgan fingerprint density at radius 2 is 1.56 bits per heavy atom. The fourth-order valence-electron chi connectivity index (χ4n) is 4.49. The van der Waals surface area contributed by atoms with Gasteiger partial charge in [0.2, 0.25) is 0 Å². The second kappa shape index (κ2) is 8.73. The van der Waals surface area contributed by atoms with Crippen molar-refractivity contribution in [2.75, 3.05) is 0 Å². The number of hydrogen-bond donors (Lipinski definition) is 0. The average molecular weight is 576 g/mol. The van der Waals surface area contributed by atoms with Gasteiger partial charge in [-0.3, -0.25) is 4.98 Å². The van der Waals surface area contributed by atoms with E-state index in [2.05, 4.69) is 113 Å². The molecule has 172 valence electrons. The molecule has 2 heterocycles. The van der Waals surface area contributed by atoms with Gasteiger partial charge in [0.05, 0.1) is 17.1 Å². The molecule has 4 heteroatoms. The van der Waals surface area contributed by atoms with Crippen LogP contribution in [0.3, 0.4) is 0 Å². The van der Waals surface area contributed by atoms with Gasteiger partial charge >= 0.3 is 0 Å². The summed E-state index contributed by atoms with van der Waals surface area (Å²) in [5.41, 5.74) is 9.13. The molecule has 5 rings (SSSR count). The molecule has 1 fully saturated rings. The topological polar surface area (TPSA) is 25.8 Å². The van der Waals surface area contributed by atoms with E-state index in [1.165, 1.54) is 34.0 Å². The van der Waals surface area contributed by atoms with Crippen LogP contribution in [0.1, 0.15) is 51.7 Å². The minimum atomic E-state index is -0.0412. The van der Waals surface area contributed by atoms with Crippen LogP contribution >= 0.6 is 31.9 Å². The molecule has 0 unspecified atom stereocenters. The molecule has 2 nitrogen and oxygen atoms in total. The molecule has 1 aliphatic carbocycles. The zero-order valence-electron chi connectivity index (χ0n) is 20.0. The number of nitrogens with zero attached hydrogens (tertiary/aromatic N) is 2. The van der Waals surface area contributed by atoms with Crippen LogP contribution in [-0.2, 0) is 10.8 Å². The maximum absolute atomic E-state index is 5.27. The summed E-state index contributed by atoms with van der Waals surface area (Å²) in [5, 5.41) is 0. The zero-order valence-corrected chi connectivity index (χ0v) is 23.2. The van der Waals surface area contributed by atoms with E-state index in [0.717, 1.165) is 32.7 Å². The largest absolute Gasteiger partial charge is 0.255 e. The molecule has 4 aromatic rings. The van der Waals surface area contributed by atoms with Crippen LogP contribution in [-0.4, -0.2) is 9.97 Å². The van der Waals surface area contributed by atoms with Crippen molar-refractivity contribution in [3.05, 3.63) is 93.0 Å². The van der Waals surface area contributed by atoms with E-state index >= 15 is 0 Å². The van der Waals surface area contributed by atoms with Gasteiger partial charge in [-0.05, 0) is 88.9 Å². The molecule has 0 bridgehead atoms. The first kappa shape index (κ1) is 23.4. The lowest BCUT2D eigenvalue weighted by atomic mass is 9.79. The number of benzene rings is 2. The molecule has 1 saturated carbocycles. The number of hydrogen-bond acceptors (Lipinski definition) is 2. The second-order valence-corrected chi connectivity index (χ2v) is 12.3. The normalized spacial score (nSPS) is 14.8. The van der Waals surface area contributed by atoms with Crippen LogP contribution in [0.4, 0.5) is 0 Å². The summed E-state index contributed by atoms with van der Waals surface area (Å²) >= 11 is 7.49. The van der Waals surface area contributed by atoms with E-state index in [1.54, 1.807) is 0 Å². The third kappa shape index (κ3) is 4.50. The van der Waals surface area contributed by atoms with E-state index in [0.29, 0.717) is 0 Å². The van der Waals surface area contributed by atoms with E-state index in [1.807, 2.05) is 24.4 Å². The summed E-state index contributed by atoms with van der Waals surface area (Å²) in [7, 11) is 0. The molecule has 2 aromatic carbocycles. The van der Waals surface area contributed by atoms with Gasteiger partial charge in [-0.25, -0.2) is 4.98 Å². The second-order valence-electron chi connectivity index (χ2n) is 10.5. The zero-order chi connectivity index (χ0) is 24.1. The Morgan fingerprint density at radius 3 is 2.18 bits per heavy atom. The SMILES string of the molecule is CC(C)(C)c1cc(Br)c(C2(C)CC2)cc1-c1nc(-c2ccccn2)ccc1-c1ccc(Br)cc1. The van der Waals surface area contributed by atoms with Crippen molar-refractivity contribution in [1.29, 1.82) is 0 Å². The molecule has 2 aromatic heterocycles. The molecule has 0 saturated heterocycles. The molecule has 0 radical (unpaired) electrons. The number of pyridine rings is 2. The van der Waals surface area contributed by atoms with Crippen LogP contribution in [0.15, 0.2) is 81.9 Å². The van der Waals surface area contributed by atoms with Gasteiger partial charge in [0.1, 0.15) is 0 Å². The summed E-state index contributed by atoms with van der Waals surface area (Å²) in [6, 6.07) is 23.5. The summed E-state index contributed by atoms with van der Waals surface area (Å²) < 4.78 is 2.27. The summed E-state index contributed by atoms with van der Waals surface area (Å²) in [4.78, 5) is 9.84. The summed E-state index contributed by atoms with van der Waals surface area (Å²) in [6.45, 7) is 9.19. The van der Waals surface area contributed by atoms with E-state index in [4.69, 9.17) is 4.98 Å². The van der Waals surface area contributed by atoms with Crippen molar-refractivity contribution in [3.8, 4) is 33.8 Å². The minimum Gasteiger partial charge on any atom is -0.255 e. The highest BCUT2D eigenvalue weighted by Crippen LogP contribution is 2.52. The van der Waals surface area contributed by atoms with E-state index in [-0.39, 0.29) is 10.8 Å². The molecule has 0 atom stereocenters. The maximum Gasteiger partial charge on any atom is 0.0894 e.